The van der Waals surface area contributed by atoms with Crippen molar-refractivity contribution >= 4 is 16.7 Å². The van der Waals surface area contributed by atoms with Crippen LogP contribution in [0.3, 0.4) is 0 Å². The molecule has 0 amide bonds. The van der Waals surface area contributed by atoms with E-state index < -0.39 is 12.1 Å². The monoisotopic (exact) mass is 322 g/mol. The van der Waals surface area contributed by atoms with E-state index in [2.05, 4.69) is 4.74 Å². The van der Waals surface area contributed by atoms with E-state index in [4.69, 9.17) is 4.74 Å². The number of aliphatic hydroxyl groups is 1. The summed E-state index contributed by atoms with van der Waals surface area (Å²) in [6, 6.07) is 18.4. The highest BCUT2D eigenvalue weighted by atomic mass is 16.5. The third-order valence-electron chi connectivity index (χ3n) is 4.03. The number of carbonyl (C=O) groups is 1. The highest BCUT2D eigenvalue weighted by molar-refractivity contribution is 5.89. The first kappa shape index (κ1) is 16.0. The summed E-state index contributed by atoms with van der Waals surface area (Å²) in [5.41, 5.74) is 1.97. The van der Waals surface area contributed by atoms with Crippen LogP contribution in [0.25, 0.3) is 10.8 Å². The average Bonchev–Trinajstić information content (AvgIpc) is 2.66. The summed E-state index contributed by atoms with van der Waals surface area (Å²) in [5, 5.41) is 12.7. The van der Waals surface area contributed by atoms with E-state index in [9.17, 15) is 9.90 Å². The van der Waals surface area contributed by atoms with Gasteiger partial charge in [-0.3, -0.25) is 0 Å². The number of aliphatic hydroxyl groups excluding tert-OH is 1. The number of rotatable bonds is 4. The molecule has 3 rings (SSSR count). The van der Waals surface area contributed by atoms with Gasteiger partial charge in [-0.15, -0.1) is 0 Å². The number of hydrogen-bond donors (Lipinski definition) is 1. The summed E-state index contributed by atoms with van der Waals surface area (Å²) in [5.74, 6) is 0.407. The molecule has 0 saturated carbocycles. The van der Waals surface area contributed by atoms with E-state index in [1.165, 1.54) is 7.11 Å². The molecule has 1 atom stereocenters. The zero-order valence-electron chi connectivity index (χ0n) is 13.5. The van der Waals surface area contributed by atoms with E-state index >= 15 is 0 Å². The second-order valence-corrected chi connectivity index (χ2v) is 5.49. The van der Waals surface area contributed by atoms with Crippen LogP contribution in [0.4, 0.5) is 0 Å². The molecule has 122 valence electrons. The Morgan fingerprint density at radius 2 is 1.50 bits per heavy atom. The Bertz CT molecular complexity index is 868. The first-order valence-corrected chi connectivity index (χ1v) is 7.56. The molecule has 0 aliphatic rings. The summed E-state index contributed by atoms with van der Waals surface area (Å²) in [6.07, 6.45) is -0.761. The summed E-state index contributed by atoms with van der Waals surface area (Å²) >= 11 is 0. The molecule has 0 fully saturated rings. The van der Waals surface area contributed by atoms with Crippen LogP contribution in [0.1, 0.15) is 27.6 Å². The van der Waals surface area contributed by atoms with Crippen LogP contribution >= 0.6 is 0 Å². The third-order valence-corrected chi connectivity index (χ3v) is 4.03. The Kier molecular flexibility index (Phi) is 4.49. The maximum Gasteiger partial charge on any atom is 0.337 e. The van der Waals surface area contributed by atoms with E-state index in [-0.39, 0.29) is 0 Å². The minimum atomic E-state index is -0.761. The van der Waals surface area contributed by atoms with Gasteiger partial charge < -0.3 is 14.6 Å². The second-order valence-electron chi connectivity index (χ2n) is 5.49. The van der Waals surface area contributed by atoms with Crippen molar-refractivity contribution in [2.45, 2.75) is 6.10 Å². The SMILES string of the molecule is COC(=O)c1ccc(C(O)c2ccc3cc(OC)ccc3c2)cc1. The van der Waals surface area contributed by atoms with Gasteiger partial charge in [-0.25, -0.2) is 4.79 Å². The van der Waals surface area contributed by atoms with Gasteiger partial charge in [-0.2, -0.15) is 0 Å². The van der Waals surface area contributed by atoms with Gasteiger partial charge in [0.15, 0.2) is 0 Å². The number of fused-ring (bicyclic) bond motifs is 1. The van der Waals surface area contributed by atoms with Crippen LogP contribution in [0.15, 0.2) is 60.7 Å². The topological polar surface area (TPSA) is 55.8 Å². The lowest BCUT2D eigenvalue weighted by Crippen LogP contribution is -2.03. The zero-order valence-corrected chi connectivity index (χ0v) is 13.5. The summed E-state index contributed by atoms with van der Waals surface area (Å²) in [7, 11) is 2.98. The lowest BCUT2D eigenvalue weighted by atomic mass is 9.98. The molecule has 0 heterocycles. The Morgan fingerprint density at radius 3 is 2.17 bits per heavy atom. The van der Waals surface area contributed by atoms with Crippen molar-refractivity contribution < 1.29 is 19.4 Å². The van der Waals surface area contributed by atoms with Gasteiger partial charge in [0, 0.05) is 0 Å². The van der Waals surface area contributed by atoms with Crippen molar-refractivity contribution in [3.8, 4) is 5.75 Å². The van der Waals surface area contributed by atoms with E-state index in [1.54, 1.807) is 31.4 Å². The van der Waals surface area contributed by atoms with Crippen molar-refractivity contribution in [2.24, 2.45) is 0 Å². The standard InChI is InChI=1S/C20H18O4/c1-23-18-10-9-15-11-17(8-7-16(15)12-18)19(21)13-3-5-14(6-4-13)20(22)24-2/h3-12,19,21H,1-2H3. The summed E-state index contributed by atoms with van der Waals surface area (Å²) < 4.78 is 9.90. The number of carbonyl (C=O) groups excluding carboxylic acids is 1. The molecule has 3 aromatic carbocycles. The van der Waals surface area contributed by atoms with Crippen molar-refractivity contribution in [1.82, 2.24) is 0 Å². The van der Waals surface area contributed by atoms with Gasteiger partial charge in [0.1, 0.15) is 11.9 Å². The van der Waals surface area contributed by atoms with Crippen LogP contribution in [-0.4, -0.2) is 25.3 Å². The molecule has 3 aromatic rings. The minimum Gasteiger partial charge on any atom is -0.497 e. The van der Waals surface area contributed by atoms with Crippen molar-refractivity contribution in [1.29, 1.82) is 0 Å². The fraction of sp³-hybridized carbons (Fsp3) is 0.150. The Labute approximate surface area is 140 Å². The maximum atomic E-state index is 11.5. The average molecular weight is 322 g/mol. The van der Waals surface area contributed by atoms with Crippen LogP contribution < -0.4 is 4.74 Å². The van der Waals surface area contributed by atoms with Gasteiger partial charge in [0.25, 0.3) is 0 Å². The molecule has 0 aromatic heterocycles. The normalized spacial score (nSPS) is 12.0. The molecule has 4 nitrogen and oxygen atoms in total. The highest BCUT2D eigenvalue weighted by Gasteiger charge is 2.13. The Morgan fingerprint density at radius 1 is 0.875 bits per heavy atom. The molecule has 0 aliphatic carbocycles. The van der Waals surface area contributed by atoms with Crippen LogP contribution in [0.2, 0.25) is 0 Å². The molecule has 0 spiro atoms. The van der Waals surface area contributed by atoms with Crippen LogP contribution in [0.5, 0.6) is 5.75 Å². The van der Waals surface area contributed by atoms with Crippen LogP contribution in [0, 0.1) is 0 Å². The number of esters is 1. The molecular weight excluding hydrogens is 304 g/mol. The van der Waals surface area contributed by atoms with E-state index in [0.29, 0.717) is 5.56 Å². The fourth-order valence-electron chi connectivity index (χ4n) is 2.65. The summed E-state index contributed by atoms with van der Waals surface area (Å²) in [6.45, 7) is 0. The van der Waals surface area contributed by atoms with E-state index in [1.807, 2.05) is 36.4 Å². The first-order chi connectivity index (χ1) is 11.6. The van der Waals surface area contributed by atoms with Crippen molar-refractivity contribution in [3.05, 3.63) is 77.4 Å². The smallest absolute Gasteiger partial charge is 0.337 e. The molecule has 0 bridgehead atoms. The van der Waals surface area contributed by atoms with Gasteiger partial charge in [-0.1, -0.05) is 30.3 Å². The second kappa shape index (κ2) is 6.72. The van der Waals surface area contributed by atoms with Crippen LogP contribution in [-0.2, 0) is 4.74 Å². The lowest BCUT2D eigenvalue weighted by molar-refractivity contribution is 0.0600. The number of ether oxygens (including phenoxy) is 2. The van der Waals surface area contributed by atoms with Gasteiger partial charge in [0.2, 0.25) is 0 Å². The third kappa shape index (κ3) is 3.09. The largest absolute Gasteiger partial charge is 0.497 e. The molecule has 0 aliphatic heterocycles. The fourth-order valence-corrected chi connectivity index (χ4v) is 2.65. The Balaban J connectivity index is 1.90. The minimum absolute atomic E-state index is 0.393. The van der Waals surface area contributed by atoms with Gasteiger partial charge in [0.05, 0.1) is 19.8 Å². The summed E-state index contributed by atoms with van der Waals surface area (Å²) in [4.78, 5) is 11.5. The Hall–Kier alpha value is -2.85. The molecule has 1 unspecified atom stereocenters. The molecule has 24 heavy (non-hydrogen) atoms. The molecule has 4 heteroatoms. The number of methoxy groups -OCH3 is 2. The molecule has 0 saturated heterocycles. The van der Waals surface area contributed by atoms with E-state index in [0.717, 1.165) is 27.6 Å². The molecule has 0 radical (unpaired) electrons. The molecular formula is C20H18O4. The quantitative estimate of drug-likeness (QED) is 0.744. The number of hydrogen-bond acceptors (Lipinski definition) is 4. The van der Waals surface area contributed by atoms with Crippen molar-refractivity contribution in [3.63, 3.8) is 0 Å². The highest BCUT2D eigenvalue weighted by Crippen LogP contribution is 2.27. The predicted octanol–water partition coefficient (Wildman–Crippen LogP) is 3.72. The lowest BCUT2D eigenvalue weighted by Gasteiger charge is -2.13. The molecule has 1 N–H and O–H groups in total. The van der Waals surface area contributed by atoms with Gasteiger partial charge in [-0.05, 0) is 52.2 Å². The zero-order chi connectivity index (χ0) is 17.1. The van der Waals surface area contributed by atoms with Crippen molar-refractivity contribution in [2.75, 3.05) is 14.2 Å². The van der Waals surface area contributed by atoms with Gasteiger partial charge >= 0.3 is 5.97 Å². The number of benzene rings is 3. The predicted molar refractivity (Wildman–Crippen MR) is 92.3 cm³/mol. The maximum absolute atomic E-state index is 11.5. The first-order valence-electron chi connectivity index (χ1n) is 7.56.